The molecule has 1 aromatic carbocycles. The van der Waals surface area contributed by atoms with Crippen molar-refractivity contribution >= 4 is 17.5 Å². The zero-order chi connectivity index (χ0) is 19.3. The fourth-order valence-electron chi connectivity index (χ4n) is 2.78. The first-order valence-corrected chi connectivity index (χ1v) is 8.79. The predicted octanol–water partition coefficient (Wildman–Crippen LogP) is 2.45. The Bertz CT molecular complexity index is 634. The van der Waals surface area contributed by atoms with Gasteiger partial charge in [0.25, 0.3) is 0 Å². The zero-order valence-electron chi connectivity index (χ0n) is 16.0. The molecule has 1 saturated carbocycles. The number of nitrogens with one attached hydrogen (secondary N) is 2. The molecule has 0 spiro atoms. The summed E-state index contributed by atoms with van der Waals surface area (Å²) in [4.78, 5) is 24.5. The Morgan fingerprint density at radius 1 is 1.04 bits per heavy atom. The van der Waals surface area contributed by atoms with Crippen molar-refractivity contribution in [2.45, 2.75) is 26.7 Å². The summed E-state index contributed by atoms with van der Waals surface area (Å²) in [5.74, 6) is 1.15. The number of carbonyl (C=O) groups is 2. The highest BCUT2D eigenvalue weighted by Crippen LogP contribution is 2.42. The molecule has 0 aliphatic heterocycles. The quantitative estimate of drug-likeness (QED) is 0.703. The Balaban J connectivity index is 1.95. The van der Waals surface area contributed by atoms with Crippen molar-refractivity contribution in [1.29, 1.82) is 0 Å². The number of carbonyl (C=O) groups excluding carboxylic acids is 2. The highest BCUT2D eigenvalue weighted by molar-refractivity contribution is 5.99. The maximum atomic E-state index is 12.4. The minimum Gasteiger partial charge on any atom is -0.493 e. The Kier molecular flexibility index (Phi) is 6.71. The number of methoxy groups -OCH3 is 3. The highest BCUT2D eigenvalue weighted by Gasteiger charge is 2.47. The number of hydrogen-bond donors (Lipinski definition) is 2. The van der Waals surface area contributed by atoms with Crippen LogP contribution in [0.15, 0.2) is 12.1 Å². The lowest BCUT2D eigenvalue weighted by Gasteiger charge is -2.14. The third-order valence-corrected chi connectivity index (χ3v) is 4.42. The van der Waals surface area contributed by atoms with Gasteiger partial charge in [0.2, 0.25) is 17.6 Å². The maximum Gasteiger partial charge on any atom is 0.228 e. The van der Waals surface area contributed by atoms with Crippen molar-refractivity contribution in [2.75, 3.05) is 33.2 Å². The van der Waals surface area contributed by atoms with E-state index < -0.39 is 0 Å². The summed E-state index contributed by atoms with van der Waals surface area (Å²) in [7, 11) is 4.55. The predicted molar refractivity (Wildman–Crippen MR) is 98.8 cm³/mol. The molecule has 0 heterocycles. The van der Waals surface area contributed by atoms with E-state index in [0.29, 0.717) is 41.8 Å². The molecule has 2 N–H and O–H groups in total. The van der Waals surface area contributed by atoms with Gasteiger partial charge in [-0.25, -0.2) is 0 Å². The lowest BCUT2D eigenvalue weighted by atomic mass is 10.1. The van der Waals surface area contributed by atoms with Crippen molar-refractivity contribution in [3.8, 4) is 17.2 Å². The highest BCUT2D eigenvalue weighted by atomic mass is 16.5. The Morgan fingerprint density at radius 3 is 2.12 bits per heavy atom. The minimum atomic E-state index is -0.298. The van der Waals surface area contributed by atoms with Gasteiger partial charge in [-0.1, -0.05) is 13.8 Å². The number of anilines is 1. The molecule has 1 fully saturated rings. The Hall–Kier alpha value is -2.44. The maximum absolute atomic E-state index is 12.4. The number of hydrogen-bond acceptors (Lipinski definition) is 5. The SMILES string of the molecule is COc1cc(NC(=O)C2CC2C(=O)NCCC(C)C)cc(OC)c1OC. The average Bonchev–Trinajstić information content (AvgIpc) is 3.41. The normalized spacial score (nSPS) is 18.2. The molecule has 2 atom stereocenters. The number of ether oxygens (including phenoxy) is 3. The Labute approximate surface area is 154 Å². The molecule has 26 heavy (non-hydrogen) atoms. The van der Waals surface area contributed by atoms with E-state index in [0.717, 1.165) is 6.42 Å². The molecule has 0 radical (unpaired) electrons. The van der Waals surface area contributed by atoms with Crippen LogP contribution in [0.1, 0.15) is 26.7 Å². The number of rotatable bonds is 9. The topological polar surface area (TPSA) is 85.9 Å². The smallest absolute Gasteiger partial charge is 0.228 e. The largest absolute Gasteiger partial charge is 0.493 e. The molecule has 2 unspecified atom stereocenters. The van der Waals surface area contributed by atoms with E-state index in [2.05, 4.69) is 24.5 Å². The summed E-state index contributed by atoms with van der Waals surface area (Å²) in [6.45, 7) is 4.86. The van der Waals surface area contributed by atoms with Crippen LogP contribution in [0, 0.1) is 17.8 Å². The van der Waals surface area contributed by atoms with Crippen molar-refractivity contribution in [1.82, 2.24) is 5.32 Å². The van der Waals surface area contributed by atoms with Gasteiger partial charge in [0.15, 0.2) is 11.5 Å². The van der Waals surface area contributed by atoms with Gasteiger partial charge in [-0.2, -0.15) is 0 Å². The molecule has 1 aromatic rings. The molecule has 0 bridgehead atoms. The minimum absolute atomic E-state index is 0.0457. The summed E-state index contributed by atoms with van der Waals surface area (Å²) < 4.78 is 15.8. The first-order valence-electron chi connectivity index (χ1n) is 8.79. The first kappa shape index (κ1) is 19.9. The van der Waals surface area contributed by atoms with Crippen molar-refractivity contribution in [3.63, 3.8) is 0 Å². The van der Waals surface area contributed by atoms with Crippen LogP contribution in [0.4, 0.5) is 5.69 Å². The molecule has 144 valence electrons. The van der Waals surface area contributed by atoms with Crippen LogP contribution in [0.3, 0.4) is 0 Å². The van der Waals surface area contributed by atoms with Crippen LogP contribution < -0.4 is 24.8 Å². The second-order valence-corrected chi connectivity index (χ2v) is 6.83. The van der Waals surface area contributed by atoms with Crippen LogP contribution in [-0.2, 0) is 9.59 Å². The molecular weight excluding hydrogens is 336 g/mol. The van der Waals surface area contributed by atoms with Crippen LogP contribution in [0.25, 0.3) is 0 Å². The van der Waals surface area contributed by atoms with E-state index in [1.807, 2.05) is 0 Å². The van der Waals surface area contributed by atoms with E-state index in [4.69, 9.17) is 14.2 Å². The molecule has 0 saturated heterocycles. The van der Waals surface area contributed by atoms with Crippen molar-refractivity contribution in [3.05, 3.63) is 12.1 Å². The van der Waals surface area contributed by atoms with Gasteiger partial charge < -0.3 is 24.8 Å². The molecule has 7 heteroatoms. The summed E-state index contributed by atoms with van der Waals surface area (Å²) in [6, 6.07) is 3.33. The van der Waals surface area contributed by atoms with Crippen LogP contribution >= 0.6 is 0 Å². The van der Waals surface area contributed by atoms with Gasteiger partial charge in [-0.3, -0.25) is 9.59 Å². The fourth-order valence-corrected chi connectivity index (χ4v) is 2.78. The van der Waals surface area contributed by atoms with Crippen molar-refractivity contribution in [2.24, 2.45) is 17.8 Å². The monoisotopic (exact) mass is 364 g/mol. The summed E-state index contributed by atoms with van der Waals surface area (Å²) in [5.41, 5.74) is 0.537. The van der Waals surface area contributed by atoms with Crippen LogP contribution in [-0.4, -0.2) is 39.7 Å². The van der Waals surface area contributed by atoms with Crippen LogP contribution in [0.5, 0.6) is 17.2 Å². The van der Waals surface area contributed by atoms with Gasteiger partial charge >= 0.3 is 0 Å². The average molecular weight is 364 g/mol. The first-order chi connectivity index (χ1) is 12.4. The molecule has 0 aromatic heterocycles. The van der Waals surface area contributed by atoms with Gasteiger partial charge in [0, 0.05) is 24.4 Å². The summed E-state index contributed by atoms with van der Waals surface area (Å²) >= 11 is 0. The standard InChI is InChI=1S/C19H28N2O5/c1-11(2)6-7-20-18(22)13-10-14(13)19(23)21-12-8-15(24-3)17(26-5)16(9-12)25-4/h8-9,11,13-14H,6-7,10H2,1-5H3,(H,20,22)(H,21,23). The van der Waals surface area contributed by atoms with Gasteiger partial charge in [-0.05, 0) is 18.8 Å². The van der Waals surface area contributed by atoms with Crippen molar-refractivity contribution < 1.29 is 23.8 Å². The molecule has 1 aliphatic carbocycles. The number of amides is 2. The zero-order valence-corrected chi connectivity index (χ0v) is 16.0. The number of benzene rings is 1. The molecule has 2 rings (SSSR count). The van der Waals surface area contributed by atoms with E-state index in [1.165, 1.54) is 21.3 Å². The Morgan fingerprint density at radius 2 is 1.62 bits per heavy atom. The molecule has 2 amide bonds. The van der Waals surface area contributed by atoms with E-state index in [-0.39, 0.29) is 23.7 Å². The van der Waals surface area contributed by atoms with E-state index in [9.17, 15) is 9.59 Å². The lowest BCUT2D eigenvalue weighted by Crippen LogP contribution is -2.28. The van der Waals surface area contributed by atoms with Gasteiger partial charge in [0.1, 0.15) is 0 Å². The van der Waals surface area contributed by atoms with E-state index in [1.54, 1.807) is 12.1 Å². The molecular formula is C19H28N2O5. The lowest BCUT2D eigenvalue weighted by molar-refractivity contribution is -0.125. The van der Waals surface area contributed by atoms with Gasteiger partial charge in [0.05, 0.1) is 33.2 Å². The van der Waals surface area contributed by atoms with E-state index >= 15 is 0 Å². The third-order valence-electron chi connectivity index (χ3n) is 4.42. The fraction of sp³-hybridized carbons (Fsp3) is 0.579. The van der Waals surface area contributed by atoms with Crippen LogP contribution in [0.2, 0.25) is 0 Å². The van der Waals surface area contributed by atoms with Gasteiger partial charge in [-0.15, -0.1) is 0 Å². The second-order valence-electron chi connectivity index (χ2n) is 6.83. The second kappa shape index (κ2) is 8.78. The summed E-state index contributed by atoms with van der Waals surface area (Å²) in [5, 5.41) is 5.73. The third kappa shape index (κ3) is 4.80. The molecule has 1 aliphatic rings. The molecule has 7 nitrogen and oxygen atoms in total. The summed E-state index contributed by atoms with van der Waals surface area (Å²) in [6.07, 6.45) is 1.50.